The topological polar surface area (TPSA) is 66.4 Å². The molecule has 0 bridgehead atoms. The Morgan fingerprint density at radius 1 is 1.21 bits per heavy atom. The van der Waals surface area contributed by atoms with Gasteiger partial charge in [0.2, 0.25) is 0 Å². The van der Waals surface area contributed by atoms with Gasteiger partial charge in [0.1, 0.15) is 0 Å². The molecule has 1 amide bonds. The lowest BCUT2D eigenvalue weighted by Crippen LogP contribution is -2.42. The van der Waals surface area contributed by atoms with Crippen LogP contribution in [0.4, 0.5) is 13.2 Å². The van der Waals surface area contributed by atoms with E-state index in [0.717, 1.165) is 0 Å². The number of carbonyl (C=O) groups is 2. The fourth-order valence-corrected chi connectivity index (χ4v) is 1.52. The van der Waals surface area contributed by atoms with Crippen LogP contribution in [-0.2, 0) is 9.59 Å². The molecule has 2 N–H and O–H groups in total. The first-order valence-corrected chi connectivity index (χ1v) is 5.39. The number of rotatable bonds is 4. The van der Waals surface area contributed by atoms with Crippen molar-refractivity contribution in [2.45, 2.75) is 19.1 Å². The van der Waals surface area contributed by atoms with E-state index in [0.29, 0.717) is 5.56 Å². The van der Waals surface area contributed by atoms with Gasteiger partial charge in [-0.2, -0.15) is 13.2 Å². The summed E-state index contributed by atoms with van der Waals surface area (Å²) in [5.41, 5.74) is 0.301. The Bertz CT molecular complexity index is 459. The Morgan fingerprint density at radius 3 is 2.16 bits per heavy atom. The zero-order valence-corrected chi connectivity index (χ0v) is 9.94. The molecule has 104 valence electrons. The van der Waals surface area contributed by atoms with Crippen molar-refractivity contribution >= 4 is 11.9 Å². The largest absolute Gasteiger partial charge is 0.481 e. The SMILES string of the molecule is CC(C(=O)O)C(NC(=O)C(F)(F)F)c1ccccc1. The lowest BCUT2D eigenvalue weighted by Gasteiger charge is -2.23. The molecule has 1 aromatic rings. The van der Waals surface area contributed by atoms with Crippen molar-refractivity contribution in [2.24, 2.45) is 5.92 Å². The number of hydrogen-bond acceptors (Lipinski definition) is 2. The quantitative estimate of drug-likeness (QED) is 0.884. The van der Waals surface area contributed by atoms with Gasteiger partial charge in [0, 0.05) is 0 Å². The van der Waals surface area contributed by atoms with E-state index in [1.165, 1.54) is 19.1 Å². The second-order valence-electron chi connectivity index (χ2n) is 3.99. The molecule has 0 aliphatic carbocycles. The molecule has 0 heterocycles. The highest BCUT2D eigenvalue weighted by Gasteiger charge is 2.41. The standard InChI is InChI=1S/C12H12F3NO3/c1-7(10(17)18)9(8-5-3-2-4-6-8)16-11(19)12(13,14)15/h2-7,9H,1H3,(H,16,19)(H,17,18). The summed E-state index contributed by atoms with van der Waals surface area (Å²) in [4.78, 5) is 21.9. The molecule has 19 heavy (non-hydrogen) atoms. The van der Waals surface area contributed by atoms with E-state index in [1.807, 2.05) is 0 Å². The van der Waals surface area contributed by atoms with Crippen molar-refractivity contribution < 1.29 is 27.9 Å². The molecular weight excluding hydrogens is 263 g/mol. The van der Waals surface area contributed by atoms with Crippen LogP contribution >= 0.6 is 0 Å². The molecule has 7 heteroatoms. The molecule has 0 aliphatic heterocycles. The number of carboxylic acids is 1. The van der Waals surface area contributed by atoms with Gasteiger partial charge in [-0.05, 0) is 12.5 Å². The van der Waals surface area contributed by atoms with Crippen molar-refractivity contribution in [3.05, 3.63) is 35.9 Å². The summed E-state index contributed by atoms with van der Waals surface area (Å²) >= 11 is 0. The van der Waals surface area contributed by atoms with E-state index in [4.69, 9.17) is 5.11 Å². The van der Waals surface area contributed by atoms with E-state index in [2.05, 4.69) is 0 Å². The Labute approximate surface area is 107 Å². The monoisotopic (exact) mass is 275 g/mol. The van der Waals surface area contributed by atoms with Crippen LogP contribution in [0, 0.1) is 5.92 Å². The van der Waals surface area contributed by atoms with E-state index >= 15 is 0 Å². The zero-order chi connectivity index (χ0) is 14.6. The molecule has 1 aromatic carbocycles. The summed E-state index contributed by atoms with van der Waals surface area (Å²) in [5.74, 6) is -4.64. The van der Waals surface area contributed by atoms with Crippen LogP contribution in [-0.4, -0.2) is 23.2 Å². The maximum atomic E-state index is 12.2. The summed E-state index contributed by atoms with van der Waals surface area (Å²) in [6.45, 7) is 1.23. The number of aliphatic carboxylic acids is 1. The van der Waals surface area contributed by atoms with Crippen molar-refractivity contribution in [3.63, 3.8) is 0 Å². The molecule has 2 unspecified atom stereocenters. The first-order valence-electron chi connectivity index (χ1n) is 5.39. The van der Waals surface area contributed by atoms with E-state index in [-0.39, 0.29) is 0 Å². The van der Waals surface area contributed by atoms with Crippen LogP contribution in [0.3, 0.4) is 0 Å². The number of amides is 1. The first kappa shape index (κ1) is 15.0. The second kappa shape index (κ2) is 5.73. The maximum absolute atomic E-state index is 12.2. The molecule has 2 atom stereocenters. The minimum absolute atomic E-state index is 0.301. The summed E-state index contributed by atoms with van der Waals surface area (Å²) < 4.78 is 36.7. The number of hydrogen-bond donors (Lipinski definition) is 2. The average Bonchev–Trinajstić information content (AvgIpc) is 2.34. The molecular formula is C12H12F3NO3. The lowest BCUT2D eigenvalue weighted by atomic mass is 9.94. The third-order valence-electron chi connectivity index (χ3n) is 2.59. The Morgan fingerprint density at radius 2 is 1.74 bits per heavy atom. The third kappa shape index (κ3) is 3.97. The van der Waals surface area contributed by atoms with Gasteiger partial charge in [-0.1, -0.05) is 30.3 Å². The fourth-order valence-electron chi connectivity index (χ4n) is 1.52. The van der Waals surface area contributed by atoms with Crippen LogP contribution < -0.4 is 5.32 Å². The minimum Gasteiger partial charge on any atom is -0.481 e. The predicted octanol–water partition coefficient (Wildman–Crippen LogP) is 2.13. The van der Waals surface area contributed by atoms with Crippen molar-refractivity contribution in [3.8, 4) is 0 Å². The van der Waals surface area contributed by atoms with E-state index < -0.39 is 30.0 Å². The molecule has 0 fully saturated rings. The Hall–Kier alpha value is -2.05. The van der Waals surface area contributed by atoms with Crippen LogP contribution in [0.1, 0.15) is 18.5 Å². The Kier molecular flexibility index (Phi) is 4.52. The number of halogens is 3. The number of carbonyl (C=O) groups excluding carboxylic acids is 1. The summed E-state index contributed by atoms with van der Waals surface area (Å²) in [6.07, 6.45) is -5.05. The Balaban J connectivity index is 3.01. The lowest BCUT2D eigenvalue weighted by molar-refractivity contribution is -0.175. The van der Waals surface area contributed by atoms with Gasteiger partial charge in [-0.15, -0.1) is 0 Å². The van der Waals surface area contributed by atoms with Crippen LogP contribution in [0.15, 0.2) is 30.3 Å². The molecule has 0 aromatic heterocycles. The van der Waals surface area contributed by atoms with Gasteiger partial charge in [0.05, 0.1) is 12.0 Å². The van der Waals surface area contributed by atoms with Crippen molar-refractivity contribution in [1.29, 1.82) is 0 Å². The van der Waals surface area contributed by atoms with Crippen LogP contribution in [0.25, 0.3) is 0 Å². The van der Waals surface area contributed by atoms with Gasteiger partial charge in [0.15, 0.2) is 0 Å². The number of benzene rings is 1. The number of nitrogens with one attached hydrogen (secondary N) is 1. The summed E-state index contributed by atoms with van der Waals surface area (Å²) in [5, 5.41) is 10.6. The summed E-state index contributed by atoms with van der Waals surface area (Å²) in [7, 11) is 0. The predicted molar refractivity (Wildman–Crippen MR) is 60.2 cm³/mol. The maximum Gasteiger partial charge on any atom is 0.471 e. The second-order valence-corrected chi connectivity index (χ2v) is 3.99. The zero-order valence-electron chi connectivity index (χ0n) is 9.94. The third-order valence-corrected chi connectivity index (χ3v) is 2.59. The highest BCUT2D eigenvalue weighted by Crippen LogP contribution is 2.24. The van der Waals surface area contributed by atoms with Gasteiger partial charge >= 0.3 is 18.1 Å². The fraction of sp³-hybridized carbons (Fsp3) is 0.333. The first-order chi connectivity index (χ1) is 8.73. The molecule has 4 nitrogen and oxygen atoms in total. The highest BCUT2D eigenvalue weighted by molar-refractivity contribution is 5.83. The molecule has 1 rings (SSSR count). The molecule has 0 saturated heterocycles. The van der Waals surface area contributed by atoms with Crippen molar-refractivity contribution in [1.82, 2.24) is 5.32 Å². The number of alkyl halides is 3. The molecule has 0 radical (unpaired) electrons. The smallest absolute Gasteiger partial charge is 0.471 e. The van der Waals surface area contributed by atoms with Gasteiger partial charge in [0.25, 0.3) is 0 Å². The highest BCUT2D eigenvalue weighted by atomic mass is 19.4. The van der Waals surface area contributed by atoms with Gasteiger partial charge < -0.3 is 10.4 Å². The molecule has 0 aliphatic rings. The van der Waals surface area contributed by atoms with Crippen LogP contribution in [0.2, 0.25) is 0 Å². The molecule has 0 saturated carbocycles. The van der Waals surface area contributed by atoms with E-state index in [9.17, 15) is 22.8 Å². The molecule has 0 spiro atoms. The minimum atomic E-state index is -5.05. The normalized spacial score (nSPS) is 14.5. The van der Waals surface area contributed by atoms with E-state index in [1.54, 1.807) is 23.5 Å². The summed E-state index contributed by atoms with van der Waals surface area (Å²) in [6, 6.07) is 6.42. The van der Waals surface area contributed by atoms with Crippen LogP contribution in [0.5, 0.6) is 0 Å². The van der Waals surface area contributed by atoms with Gasteiger partial charge in [-0.3, -0.25) is 9.59 Å². The van der Waals surface area contributed by atoms with Crippen molar-refractivity contribution in [2.75, 3.05) is 0 Å². The average molecular weight is 275 g/mol. The van der Waals surface area contributed by atoms with Gasteiger partial charge in [-0.25, -0.2) is 0 Å². The number of carboxylic acid groups (broad SMARTS) is 1.